The van der Waals surface area contributed by atoms with Crippen molar-refractivity contribution in [2.24, 2.45) is 0 Å². The smallest absolute Gasteiger partial charge is 0.329 e. The zero-order chi connectivity index (χ0) is 28.3. The lowest BCUT2D eigenvalue weighted by atomic mass is 10.0. The molecule has 0 aromatic heterocycles. The summed E-state index contributed by atoms with van der Waals surface area (Å²) in [5.74, 6) is 1.90. The standard InChI is InChI=1S/C30H59NO5S2/c1-6-8-16-25-37-30(38-26-17-9-7-2)29(33)35-24-15-11-13-20-27(19-12-10-14-23-34-5)36-28(32)21-18-22-31(3)4/h27,30H,6-26H2,1-5H3. The molecule has 0 aromatic carbocycles. The van der Waals surface area contributed by atoms with Gasteiger partial charge < -0.3 is 19.1 Å². The Hall–Kier alpha value is -0.440. The quantitative estimate of drug-likeness (QED) is 0.0532. The maximum absolute atomic E-state index is 12.7. The lowest BCUT2D eigenvalue weighted by Crippen LogP contribution is -2.20. The number of nitrogens with zero attached hydrogens (tertiary/aromatic N) is 1. The Balaban J connectivity index is 4.38. The molecule has 0 saturated carbocycles. The van der Waals surface area contributed by atoms with E-state index in [2.05, 4.69) is 18.7 Å². The van der Waals surface area contributed by atoms with Crippen LogP contribution in [0.5, 0.6) is 0 Å². The number of unbranched alkanes of at least 4 members (excludes halogenated alkanes) is 8. The number of carbonyl (C=O) groups excluding carboxylic acids is 2. The summed E-state index contributed by atoms with van der Waals surface area (Å²) in [6.07, 6.45) is 16.2. The molecule has 0 aliphatic rings. The number of thioether (sulfide) groups is 2. The minimum atomic E-state index is -0.0990. The summed E-state index contributed by atoms with van der Waals surface area (Å²) in [6, 6.07) is 0. The van der Waals surface area contributed by atoms with Crippen molar-refractivity contribution in [2.75, 3.05) is 52.5 Å². The summed E-state index contributed by atoms with van der Waals surface area (Å²) in [4.78, 5) is 27.2. The predicted octanol–water partition coefficient (Wildman–Crippen LogP) is 7.72. The van der Waals surface area contributed by atoms with Crippen LogP contribution in [0.2, 0.25) is 0 Å². The zero-order valence-electron chi connectivity index (χ0n) is 25.3. The first-order valence-electron chi connectivity index (χ1n) is 15.2. The van der Waals surface area contributed by atoms with Crippen LogP contribution in [0.3, 0.4) is 0 Å². The van der Waals surface area contributed by atoms with Gasteiger partial charge in [-0.15, -0.1) is 23.5 Å². The molecular weight excluding hydrogens is 518 g/mol. The molecule has 1 unspecified atom stereocenters. The predicted molar refractivity (Wildman–Crippen MR) is 165 cm³/mol. The van der Waals surface area contributed by atoms with Gasteiger partial charge in [0, 0.05) is 20.1 Å². The second-order valence-corrected chi connectivity index (χ2v) is 13.1. The van der Waals surface area contributed by atoms with Crippen molar-refractivity contribution in [3.8, 4) is 0 Å². The van der Waals surface area contributed by atoms with E-state index in [0.717, 1.165) is 95.3 Å². The molecule has 0 aromatic rings. The van der Waals surface area contributed by atoms with Crippen LogP contribution in [0.25, 0.3) is 0 Å². The summed E-state index contributed by atoms with van der Waals surface area (Å²) in [7, 11) is 5.77. The molecule has 0 fully saturated rings. The molecule has 6 nitrogen and oxygen atoms in total. The average molecular weight is 578 g/mol. The molecule has 0 spiro atoms. The molecule has 0 N–H and O–H groups in total. The molecule has 0 aliphatic heterocycles. The number of hydrogen-bond acceptors (Lipinski definition) is 8. The topological polar surface area (TPSA) is 65.1 Å². The fourth-order valence-corrected chi connectivity index (χ4v) is 6.54. The van der Waals surface area contributed by atoms with Crippen LogP contribution in [0.4, 0.5) is 0 Å². The van der Waals surface area contributed by atoms with Crippen molar-refractivity contribution >= 4 is 35.5 Å². The number of ether oxygens (including phenoxy) is 3. The van der Waals surface area contributed by atoms with Crippen molar-refractivity contribution in [2.45, 2.75) is 127 Å². The van der Waals surface area contributed by atoms with Crippen molar-refractivity contribution in [3.63, 3.8) is 0 Å². The molecule has 0 aliphatic carbocycles. The van der Waals surface area contributed by atoms with Gasteiger partial charge in [-0.1, -0.05) is 46.0 Å². The first-order chi connectivity index (χ1) is 18.4. The van der Waals surface area contributed by atoms with Gasteiger partial charge in [-0.05, 0) is 96.4 Å². The monoisotopic (exact) mass is 577 g/mol. The number of methoxy groups -OCH3 is 1. The lowest BCUT2D eigenvalue weighted by Gasteiger charge is -2.19. The first kappa shape index (κ1) is 37.6. The largest absolute Gasteiger partial charge is 0.464 e. The van der Waals surface area contributed by atoms with E-state index >= 15 is 0 Å². The molecule has 0 radical (unpaired) electrons. The number of esters is 2. The summed E-state index contributed by atoms with van der Waals surface area (Å²) >= 11 is 3.51. The Morgan fingerprint density at radius 2 is 1.32 bits per heavy atom. The fraction of sp³-hybridized carbons (Fsp3) is 0.933. The van der Waals surface area contributed by atoms with E-state index in [1.54, 1.807) is 30.6 Å². The van der Waals surface area contributed by atoms with Gasteiger partial charge in [0.25, 0.3) is 0 Å². The average Bonchev–Trinajstić information content (AvgIpc) is 2.89. The number of hydrogen-bond donors (Lipinski definition) is 0. The third kappa shape index (κ3) is 24.6. The van der Waals surface area contributed by atoms with Gasteiger partial charge in [0.05, 0.1) is 6.61 Å². The summed E-state index contributed by atoms with van der Waals surface area (Å²) in [5, 5.41) is 0. The van der Waals surface area contributed by atoms with Crippen LogP contribution in [0.1, 0.15) is 117 Å². The fourth-order valence-electron chi connectivity index (χ4n) is 4.00. The van der Waals surface area contributed by atoms with Gasteiger partial charge in [-0.3, -0.25) is 4.79 Å². The zero-order valence-corrected chi connectivity index (χ0v) is 26.9. The molecule has 8 heteroatoms. The Bertz CT molecular complexity index is 539. The summed E-state index contributed by atoms with van der Waals surface area (Å²) < 4.78 is 16.6. The molecule has 0 heterocycles. The molecule has 0 rings (SSSR count). The summed E-state index contributed by atoms with van der Waals surface area (Å²) in [5.41, 5.74) is 0. The second-order valence-electron chi connectivity index (χ2n) is 10.4. The van der Waals surface area contributed by atoms with E-state index in [0.29, 0.717) is 13.0 Å². The highest BCUT2D eigenvalue weighted by Gasteiger charge is 2.21. The molecule has 38 heavy (non-hydrogen) atoms. The van der Waals surface area contributed by atoms with Gasteiger partial charge in [-0.2, -0.15) is 0 Å². The van der Waals surface area contributed by atoms with Gasteiger partial charge in [0.15, 0.2) is 0 Å². The second kappa shape index (κ2) is 28.1. The third-order valence-electron chi connectivity index (χ3n) is 6.30. The van der Waals surface area contributed by atoms with Gasteiger partial charge in [-0.25, -0.2) is 4.79 Å². The van der Waals surface area contributed by atoms with E-state index in [1.165, 1.54) is 25.7 Å². The molecule has 226 valence electrons. The molecule has 0 amide bonds. The van der Waals surface area contributed by atoms with Crippen LogP contribution < -0.4 is 0 Å². The Labute approximate surface area is 243 Å². The highest BCUT2D eigenvalue weighted by atomic mass is 32.2. The van der Waals surface area contributed by atoms with E-state index in [9.17, 15) is 9.59 Å². The minimum Gasteiger partial charge on any atom is -0.464 e. The van der Waals surface area contributed by atoms with Gasteiger partial charge >= 0.3 is 11.9 Å². The molecule has 0 saturated heterocycles. The van der Waals surface area contributed by atoms with Crippen molar-refractivity contribution in [1.29, 1.82) is 0 Å². The summed E-state index contributed by atoms with van der Waals surface area (Å²) in [6.45, 7) is 6.56. The first-order valence-corrected chi connectivity index (χ1v) is 17.3. The Morgan fingerprint density at radius 3 is 1.84 bits per heavy atom. The lowest BCUT2D eigenvalue weighted by molar-refractivity contribution is -0.150. The number of rotatable bonds is 28. The maximum Gasteiger partial charge on any atom is 0.329 e. The third-order valence-corrected chi connectivity index (χ3v) is 9.16. The van der Waals surface area contributed by atoms with Crippen molar-refractivity contribution in [3.05, 3.63) is 0 Å². The Morgan fingerprint density at radius 1 is 0.737 bits per heavy atom. The van der Waals surface area contributed by atoms with Crippen LogP contribution in [-0.4, -0.2) is 80.0 Å². The normalized spacial score (nSPS) is 12.3. The Kier molecular flexibility index (Phi) is 27.8. The van der Waals surface area contributed by atoms with E-state index < -0.39 is 0 Å². The number of carbonyl (C=O) groups is 2. The van der Waals surface area contributed by atoms with Crippen molar-refractivity contribution in [1.82, 2.24) is 4.90 Å². The highest BCUT2D eigenvalue weighted by Crippen LogP contribution is 2.27. The van der Waals surface area contributed by atoms with Gasteiger partial charge in [0.1, 0.15) is 10.7 Å². The van der Waals surface area contributed by atoms with Crippen LogP contribution >= 0.6 is 23.5 Å². The molecule has 1 atom stereocenters. The molecular formula is C30H59NO5S2. The van der Waals surface area contributed by atoms with Gasteiger partial charge in [0.2, 0.25) is 0 Å². The van der Waals surface area contributed by atoms with E-state index in [1.807, 2.05) is 14.1 Å². The molecule has 0 bridgehead atoms. The SMILES string of the molecule is CCCCCSC(SCCCCC)C(=O)OCCCCCC(CCCCCOC)OC(=O)CCCN(C)C. The van der Waals surface area contributed by atoms with Crippen LogP contribution in [0, 0.1) is 0 Å². The minimum absolute atomic E-state index is 0.0182. The van der Waals surface area contributed by atoms with E-state index in [-0.39, 0.29) is 22.6 Å². The van der Waals surface area contributed by atoms with E-state index in [4.69, 9.17) is 14.2 Å². The maximum atomic E-state index is 12.7. The highest BCUT2D eigenvalue weighted by molar-refractivity contribution is 8.18. The van der Waals surface area contributed by atoms with Crippen molar-refractivity contribution < 1.29 is 23.8 Å². The van der Waals surface area contributed by atoms with Crippen LogP contribution in [0.15, 0.2) is 0 Å². The van der Waals surface area contributed by atoms with Crippen LogP contribution in [-0.2, 0) is 23.8 Å².